The van der Waals surface area contributed by atoms with Crippen LogP contribution in [0.5, 0.6) is 0 Å². The number of hydrogen-bond acceptors (Lipinski definition) is 3. The molecule has 62 valence electrons. The van der Waals surface area contributed by atoms with Crippen LogP contribution in [0.15, 0.2) is 14.9 Å². The van der Waals surface area contributed by atoms with Crippen LogP contribution in [0.3, 0.4) is 0 Å². The molecule has 3 heteroatoms. The molecule has 1 nitrogen and oxygen atoms in total. The molecule has 0 N–H and O–H groups in total. The summed E-state index contributed by atoms with van der Waals surface area (Å²) in [5.41, 5.74) is 2.54. The lowest BCUT2D eigenvalue weighted by atomic mass is 10.1. The van der Waals surface area contributed by atoms with Gasteiger partial charge in [0.15, 0.2) is 0 Å². The van der Waals surface area contributed by atoms with Gasteiger partial charge in [0.1, 0.15) is 0 Å². The van der Waals surface area contributed by atoms with E-state index in [-0.39, 0.29) is 0 Å². The first-order valence-electron chi connectivity index (χ1n) is 3.72. The normalized spacial score (nSPS) is 19.2. The Bertz CT molecular complexity index is 216. The molecule has 0 spiro atoms. The summed E-state index contributed by atoms with van der Waals surface area (Å²) in [5.74, 6) is 0.637. The van der Waals surface area contributed by atoms with E-state index in [0.717, 1.165) is 0 Å². The van der Waals surface area contributed by atoms with Gasteiger partial charge in [0.05, 0.1) is 5.71 Å². The molecular formula is C8H13NS2. The van der Waals surface area contributed by atoms with E-state index < -0.39 is 0 Å². The molecule has 1 aliphatic heterocycles. The minimum absolute atomic E-state index is 0.637. The van der Waals surface area contributed by atoms with Gasteiger partial charge in [-0.05, 0) is 36.1 Å². The summed E-state index contributed by atoms with van der Waals surface area (Å²) >= 11 is 0. The van der Waals surface area contributed by atoms with Gasteiger partial charge >= 0.3 is 0 Å². The summed E-state index contributed by atoms with van der Waals surface area (Å²) in [5, 5.41) is 0. The van der Waals surface area contributed by atoms with Gasteiger partial charge in [-0.3, -0.25) is 0 Å². The molecule has 0 aromatic rings. The van der Waals surface area contributed by atoms with Crippen LogP contribution in [0.25, 0.3) is 0 Å². The lowest BCUT2D eigenvalue weighted by molar-refractivity contribution is 0.812. The first-order chi connectivity index (χ1) is 5.13. The fraction of sp³-hybridized carbons (Fsp3) is 0.625. The van der Waals surface area contributed by atoms with E-state index in [2.05, 4.69) is 32.1 Å². The summed E-state index contributed by atoms with van der Waals surface area (Å²) in [6.45, 7) is 8.68. The second kappa shape index (κ2) is 3.68. The SMILES string of the molecule is CC1=NSSC(C(C)C)=C1C. The Morgan fingerprint density at radius 2 is 1.91 bits per heavy atom. The van der Waals surface area contributed by atoms with E-state index in [0.29, 0.717) is 5.92 Å². The van der Waals surface area contributed by atoms with E-state index in [1.165, 1.54) is 16.2 Å². The van der Waals surface area contributed by atoms with Crippen molar-refractivity contribution in [2.24, 2.45) is 10.3 Å². The van der Waals surface area contributed by atoms with E-state index in [9.17, 15) is 0 Å². The van der Waals surface area contributed by atoms with Crippen molar-refractivity contribution < 1.29 is 0 Å². The highest BCUT2D eigenvalue weighted by Crippen LogP contribution is 2.41. The van der Waals surface area contributed by atoms with Crippen molar-refractivity contribution in [2.45, 2.75) is 27.7 Å². The number of allylic oxidation sites excluding steroid dienone is 2. The van der Waals surface area contributed by atoms with Crippen molar-refractivity contribution in [1.82, 2.24) is 0 Å². The fourth-order valence-electron chi connectivity index (χ4n) is 0.953. The van der Waals surface area contributed by atoms with Crippen molar-refractivity contribution in [3.63, 3.8) is 0 Å². The van der Waals surface area contributed by atoms with E-state index >= 15 is 0 Å². The number of nitrogens with zero attached hydrogens (tertiary/aromatic N) is 1. The van der Waals surface area contributed by atoms with Crippen LogP contribution in [0.2, 0.25) is 0 Å². The molecule has 11 heavy (non-hydrogen) atoms. The molecule has 0 amide bonds. The smallest absolute Gasteiger partial charge is 0.0503 e. The summed E-state index contributed by atoms with van der Waals surface area (Å²) in [6.07, 6.45) is 0. The number of rotatable bonds is 1. The maximum Gasteiger partial charge on any atom is 0.0503 e. The molecule has 1 aliphatic rings. The Balaban J connectivity index is 2.91. The van der Waals surface area contributed by atoms with E-state index in [4.69, 9.17) is 0 Å². The average molecular weight is 187 g/mol. The Labute approximate surface area is 76.3 Å². The molecule has 0 bridgehead atoms. The third-order valence-corrected chi connectivity index (χ3v) is 4.10. The topological polar surface area (TPSA) is 12.4 Å². The quantitative estimate of drug-likeness (QED) is 0.458. The van der Waals surface area contributed by atoms with E-state index in [1.54, 1.807) is 21.8 Å². The van der Waals surface area contributed by atoms with Crippen LogP contribution >= 0.6 is 21.8 Å². The number of hydrogen-bond donors (Lipinski definition) is 0. The lowest BCUT2D eigenvalue weighted by Gasteiger charge is -2.17. The maximum absolute atomic E-state index is 4.28. The van der Waals surface area contributed by atoms with Gasteiger partial charge in [-0.2, -0.15) is 0 Å². The first kappa shape index (κ1) is 9.20. The summed E-state index contributed by atoms with van der Waals surface area (Å²) < 4.78 is 4.28. The van der Waals surface area contributed by atoms with Gasteiger partial charge in [0.2, 0.25) is 0 Å². The third-order valence-electron chi connectivity index (χ3n) is 1.74. The predicted molar refractivity (Wildman–Crippen MR) is 55.8 cm³/mol. The molecule has 1 heterocycles. The van der Waals surface area contributed by atoms with Crippen molar-refractivity contribution in [1.29, 1.82) is 0 Å². The molecule has 0 aromatic heterocycles. The Kier molecular flexibility index (Phi) is 3.07. The molecule has 0 atom stereocenters. The van der Waals surface area contributed by atoms with Crippen LogP contribution in [0, 0.1) is 5.92 Å². The molecule has 0 saturated carbocycles. The molecule has 0 aromatic carbocycles. The van der Waals surface area contributed by atoms with Crippen LogP contribution in [-0.2, 0) is 0 Å². The van der Waals surface area contributed by atoms with Gasteiger partial charge < -0.3 is 0 Å². The van der Waals surface area contributed by atoms with Crippen molar-refractivity contribution in [3.8, 4) is 0 Å². The Morgan fingerprint density at radius 3 is 2.36 bits per heavy atom. The predicted octanol–water partition coefficient (Wildman–Crippen LogP) is 3.69. The molecule has 0 fully saturated rings. The fourth-order valence-corrected chi connectivity index (χ4v) is 3.43. The van der Waals surface area contributed by atoms with Gasteiger partial charge in [0.25, 0.3) is 0 Å². The zero-order valence-electron chi connectivity index (χ0n) is 7.34. The highest BCUT2D eigenvalue weighted by atomic mass is 33.1. The minimum Gasteiger partial charge on any atom is -0.209 e. The molecule has 0 unspecified atom stereocenters. The first-order valence-corrected chi connectivity index (χ1v) is 5.83. The second-order valence-corrected chi connectivity index (χ2v) is 4.86. The van der Waals surface area contributed by atoms with Crippen molar-refractivity contribution in [3.05, 3.63) is 10.5 Å². The summed E-state index contributed by atoms with van der Waals surface area (Å²) in [7, 11) is 3.38. The lowest BCUT2D eigenvalue weighted by Crippen LogP contribution is -2.02. The van der Waals surface area contributed by atoms with Gasteiger partial charge in [0, 0.05) is 15.9 Å². The standard InChI is InChI=1S/C8H13NS2/c1-5(2)8-6(3)7(4)9-11-10-8/h5H,1-4H3. The van der Waals surface area contributed by atoms with Crippen LogP contribution in [0.1, 0.15) is 27.7 Å². The zero-order chi connectivity index (χ0) is 8.43. The highest BCUT2D eigenvalue weighted by molar-refractivity contribution is 8.77. The molecule has 0 saturated heterocycles. The van der Waals surface area contributed by atoms with Crippen LogP contribution < -0.4 is 0 Å². The van der Waals surface area contributed by atoms with Crippen molar-refractivity contribution in [2.75, 3.05) is 0 Å². The van der Waals surface area contributed by atoms with Crippen molar-refractivity contribution >= 4 is 27.5 Å². The highest BCUT2D eigenvalue weighted by Gasteiger charge is 2.14. The largest absolute Gasteiger partial charge is 0.209 e. The van der Waals surface area contributed by atoms with E-state index in [1.807, 2.05) is 0 Å². The van der Waals surface area contributed by atoms with Crippen LogP contribution in [-0.4, -0.2) is 5.71 Å². The molecule has 0 aliphatic carbocycles. The zero-order valence-corrected chi connectivity index (χ0v) is 8.97. The molecule has 0 radical (unpaired) electrons. The third kappa shape index (κ3) is 2.03. The average Bonchev–Trinajstić information content (AvgIpc) is 1.94. The molecule has 1 rings (SSSR count). The van der Waals surface area contributed by atoms with Crippen LogP contribution in [0.4, 0.5) is 0 Å². The second-order valence-electron chi connectivity index (χ2n) is 2.98. The van der Waals surface area contributed by atoms with Gasteiger partial charge in [-0.25, -0.2) is 4.40 Å². The Morgan fingerprint density at radius 1 is 1.27 bits per heavy atom. The summed E-state index contributed by atoms with van der Waals surface area (Å²) in [6, 6.07) is 0. The van der Waals surface area contributed by atoms with Gasteiger partial charge in [-0.1, -0.05) is 13.8 Å². The Hall–Kier alpha value is 0.110. The summed E-state index contributed by atoms with van der Waals surface area (Å²) in [4.78, 5) is 1.47. The molecular weight excluding hydrogens is 174 g/mol. The monoisotopic (exact) mass is 187 g/mol. The van der Waals surface area contributed by atoms with Gasteiger partial charge in [-0.15, -0.1) is 0 Å². The maximum atomic E-state index is 4.28. The minimum atomic E-state index is 0.637.